The van der Waals surface area contributed by atoms with E-state index in [-0.39, 0.29) is 0 Å². The molecule has 0 amide bonds. The van der Waals surface area contributed by atoms with Gasteiger partial charge in [-0.05, 0) is 38.1 Å². The first-order valence-corrected chi connectivity index (χ1v) is 8.05. The summed E-state index contributed by atoms with van der Waals surface area (Å²) in [4.78, 5) is 4.01. The van der Waals surface area contributed by atoms with E-state index in [1.165, 1.54) is 17.7 Å². The van der Waals surface area contributed by atoms with Crippen LogP contribution in [0.4, 0.5) is 0 Å². The molecule has 1 aromatic heterocycles. The fraction of sp³-hybridized carbons (Fsp3) is 0.733. The maximum absolute atomic E-state index is 3.65. The van der Waals surface area contributed by atoms with Gasteiger partial charge in [-0.3, -0.25) is 4.90 Å². The average molecular weight is 268 g/mol. The van der Waals surface area contributed by atoms with Crippen LogP contribution in [-0.2, 0) is 6.54 Å². The first-order valence-electron chi connectivity index (χ1n) is 7.17. The first kappa shape index (κ1) is 15.7. The first-order chi connectivity index (χ1) is 8.67. The van der Waals surface area contributed by atoms with Gasteiger partial charge in [0, 0.05) is 36.6 Å². The van der Waals surface area contributed by atoms with Crippen molar-refractivity contribution in [2.45, 2.75) is 59.2 Å². The third-order valence-electron chi connectivity index (χ3n) is 3.49. The van der Waals surface area contributed by atoms with Crippen molar-refractivity contribution >= 4 is 11.3 Å². The predicted molar refractivity (Wildman–Crippen MR) is 82.2 cm³/mol. The Balaban J connectivity index is 2.34. The Bertz CT molecular complexity index is 291. The Hall–Kier alpha value is -0.380. The van der Waals surface area contributed by atoms with Crippen LogP contribution in [0.15, 0.2) is 17.5 Å². The van der Waals surface area contributed by atoms with Gasteiger partial charge in [0.25, 0.3) is 0 Å². The van der Waals surface area contributed by atoms with Gasteiger partial charge in [-0.1, -0.05) is 19.9 Å². The largest absolute Gasteiger partial charge is 0.313 e. The summed E-state index contributed by atoms with van der Waals surface area (Å²) in [5.41, 5.74) is 0. The van der Waals surface area contributed by atoms with Crippen molar-refractivity contribution in [3.05, 3.63) is 22.4 Å². The molecule has 1 heterocycles. The number of hydrogen-bond donors (Lipinski definition) is 1. The van der Waals surface area contributed by atoms with Crippen LogP contribution in [0, 0.1) is 0 Å². The molecule has 0 saturated heterocycles. The third-order valence-corrected chi connectivity index (χ3v) is 4.35. The number of rotatable bonds is 9. The van der Waals surface area contributed by atoms with E-state index in [9.17, 15) is 0 Å². The monoisotopic (exact) mass is 268 g/mol. The summed E-state index contributed by atoms with van der Waals surface area (Å²) in [7, 11) is 0. The minimum absolute atomic E-state index is 0.607. The smallest absolute Gasteiger partial charge is 0.0331 e. The fourth-order valence-corrected chi connectivity index (χ4v) is 2.84. The normalized spacial score (nSPS) is 11.9. The molecule has 2 nitrogen and oxygen atoms in total. The topological polar surface area (TPSA) is 15.3 Å². The molecule has 0 radical (unpaired) electrons. The second kappa shape index (κ2) is 8.68. The van der Waals surface area contributed by atoms with Crippen LogP contribution in [0.2, 0.25) is 0 Å². The molecular weight excluding hydrogens is 240 g/mol. The second-order valence-corrected chi connectivity index (χ2v) is 6.14. The molecule has 0 aromatic carbocycles. The molecule has 3 heteroatoms. The summed E-state index contributed by atoms with van der Waals surface area (Å²) in [6.45, 7) is 12.4. The molecular formula is C15H28N2S. The summed E-state index contributed by atoms with van der Waals surface area (Å²) in [6.07, 6.45) is 2.45. The van der Waals surface area contributed by atoms with Crippen LogP contribution in [0.5, 0.6) is 0 Å². The quantitative estimate of drug-likeness (QED) is 0.734. The maximum Gasteiger partial charge on any atom is 0.0331 e. The van der Waals surface area contributed by atoms with Crippen LogP contribution in [-0.4, -0.2) is 30.1 Å². The summed E-state index contributed by atoms with van der Waals surface area (Å²) >= 11 is 1.86. The maximum atomic E-state index is 3.65. The van der Waals surface area contributed by atoms with Crippen LogP contribution >= 0.6 is 11.3 Å². The van der Waals surface area contributed by atoms with Gasteiger partial charge in [0.05, 0.1) is 0 Å². The lowest BCUT2D eigenvalue weighted by molar-refractivity contribution is 0.211. The molecule has 0 aliphatic carbocycles. The van der Waals surface area contributed by atoms with E-state index in [0.717, 1.165) is 19.6 Å². The van der Waals surface area contributed by atoms with Gasteiger partial charge in [-0.25, -0.2) is 0 Å². The van der Waals surface area contributed by atoms with Crippen LogP contribution in [0.3, 0.4) is 0 Å². The Kier molecular flexibility index (Phi) is 7.56. The molecule has 1 aromatic rings. The van der Waals surface area contributed by atoms with Gasteiger partial charge >= 0.3 is 0 Å². The zero-order valence-electron chi connectivity index (χ0n) is 12.3. The van der Waals surface area contributed by atoms with E-state index in [2.05, 4.69) is 55.4 Å². The van der Waals surface area contributed by atoms with Crippen LogP contribution in [0.1, 0.15) is 45.4 Å². The lowest BCUT2D eigenvalue weighted by atomic mass is 10.2. The van der Waals surface area contributed by atoms with Crippen molar-refractivity contribution in [3.63, 3.8) is 0 Å². The lowest BCUT2D eigenvalue weighted by Gasteiger charge is -2.27. The van der Waals surface area contributed by atoms with E-state index in [1.54, 1.807) is 0 Å². The van der Waals surface area contributed by atoms with Crippen molar-refractivity contribution in [3.8, 4) is 0 Å². The van der Waals surface area contributed by atoms with E-state index < -0.39 is 0 Å². The van der Waals surface area contributed by atoms with Crippen molar-refractivity contribution in [1.29, 1.82) is 0 Å². The Morgan fingerprint density at radius 1 is 1.28 bits per heavy atom. The average Bonchev–Trinajstić information content (AvgIpc) is 2.86. The van der Waals surface area contributed by atoms with Gasteiger partial charge in [0.1, 0.15) is 0 Å². The Morgan fingerprint density at radius 3 is 2.50 bits per heavy atom. The highest BCUT2D eigenvalue weighted by molar-refractivity contribution is 7.09. The summed E-state index contributed by atoms with van der Waals surface area (Å²) in [5, 5.41) is 5.81. The molecule has 0 atom stereocenters. The van der Waals surface area contributed by atoms with Crippen molar-refractivity contribution in [2.24, 2.45) is 0 Å². The van der Waals surface area contributed by atoms with Gasteiger partial charge in [-0.2, -0.15) is 0 Å². The zero-order chi connectivity index (χ0) is 13.4. The van der Waals surface area contributed by atoms with Gasteiger partial charge in [0.2, 0.25) is 0 Å². The highest BCUT2D eigenvalue weighted by Crippen LogP contribution is 2.13. The number of thiophene rings is 1. The summed E-state index contributed by atoms with van der Waals surface area (Å²) < 4.78 is 0. The van der Waals surface area contributed by atoms with E-state index >= 15 is 0 Å². The molecule has 0 aliphatic rings. The standard InChI is InChI=1S/C15H28N2S/c1-5-14(6-2)16-9-10-17(13(3)4)12-15-8-7-11-18-15/h7-8,11,13-14,16H,5-6,9-10,12H2,1-4H3. The molecule has 1 rings (SSSR count). The molecule has 0 aliphatic heterocycles. The fourth-order valence-electron chi connectivity index (χ4n) is 2.11. The van der Waals surface area contributed by atoms with E-state index in [4.69, 9.17) is 0 Å². The molecule has 0 unspecified atom stereocenters. The Morgan fingerprint density at radius 2 is 2.00 bits per heavy atom. The highest BCUT2D eigenvalue weighted by atomic mass is 32.1. The van der Waals surface area contributed by atoms with Crippen molar-refractivity contribution < 1.29 is 0 Å². The Labute approximate surface area is 116 Å². The van der Waals surface area contributed by atoms with E-state index in [1.807, 2.05) is 11.3 Å². The SMILES string of the molecule is CCC(CC)NCCN(Cc1cccs1)C(C)C. The number of hydrogen-bond acceptors (Lipinski definition) is 3. The predicted octanol–water partition coefficient (Wildman–Crippen LogP) is 3.74. The van der Waals surface area contributed by atoms with Gasteiger partial charge in [-0.15, -0.1) is 11.3 Å². The van der Waals surface area contributed by atoms with Gasteiger partial charge < -0.3 is 5.32 Å². The minimum Gasteiger partial charge on any atom is -0.313 e. The summed E-state index contributed by atoms with van der Waals surface area (Å²) in [6, 6.07) is 5.66. The molecule has 0 bridgehead atoms. The highest BCUT2D eigenvalue weighted by Gasteiger charge is 2.11. The minimum atomic E-state index is 0.607. The third kappa shape index (κ3) is 5.51. The summed E-state index contributed by atoms with van der Waals surface area (Å²) in [5.74, 6) is 0. The lowest BCUT2D eigenvalue weighted by Crippen LogP contribution is -2.39. The molecule has 0 spiro atoms. The number of nitrogens with one attached hydrogen (secondary N) is 1. The van der Waals surface area contributed by atoms with Crippen LogP contribution < -0.4 is 5.32 Å². The second-order valence-electron chi connectivity index (χ2n) is 5.11. The van der Waals surface area contributed by atoms with E-state index in [0.29, 0.717) is 12.1 Å². The molecule has 0 saturated carbocycles. The number of nitrogens with zero attached hydrogens (tertiary/aromatic N) is 1. The van der Waals surface area contributed by atoms with Crippen LogP contribution in [0.25, 0.3) is 0 Å². The molecule has 104 valence electrons. The van der Waals surface area contributed by atoms with Crippen molar-refractivity contribution in [1.82, 2.24) is 10.2 Å². The zero-order valence-corrected chi connectivity index (χ0v) is 13.1. The molecule has 0 fully saturated rings. The van der Waals surface area contributed by atoms with Crippen molar-refractivity contribution in [2.75, 3.05) is 13.1 Å². The molecule has 18 heavy (non-hydrogen) atoms. The van der Waals surface area contributed by atoms with Gasteiger partial charge in [0.15, 0.2) is 0 Å². The molecule has 1 N–H and O–H groups in total.